The molecule has 0 atom stereocenters. The number of fused-ring (bicyclic) bond motifs is 2. The fourth-order valence-corrected chi connectivity index (χ4v) is 5.73. The largest absolute Gasteiger partial charge is 0.454 e. The number of non-ortho nitro benzene ring substituents is 1. The number of ether oxygens (including phenoxy) is 2. The number of carbonyl (C=O) groups excluding carboxylic acids is 1. The number of anilines is 1. The summed E-state index contributed by atoms with van der Waals surface area (Å²) in [7, 11) is 0. The molecule has 0 aliphatic carbocycles. The molecule has 2 aromatic heterocycles. The van der Waals surface area contributed by atoms with E-state index in [4.69, 9.17) is 9.47 Å². The van der Waals surface area contributed by atoms with E-state index in [2.05, 4.69) is 11.4 Å². The summed E-state index contributed by atoms with van der Waals surface area (Å²) in [6, 6.07) is 14.0. The summed E-state index contributed by atoms with van der Waals surface area (Å²) in [4.78, 5) is 24.8. The first-order valence-corrected chi connectivity index (χ1v) is 11.5. The van der Waals surface area contributed by atoms with Crippen LogP contribution in [-0.4, -0.2) is 17.6 Å². The Kier molecular flexibility index (Phi) is 5.20. The van der Waals surface area contributed by atoms with Crippen LogP contribution in [0.3, 0.4) is 0 Å². The van der Waals surface area contributed by atoms with E-state index in [0.717, 1.165) is 20.7 Å². The number of hydrogen-bond acceptors (Lipinski definition) is 8. The fraction of sp³-hybridized carbons (Fsp3) is 0.130. The van der Waals surface area contributed by atoms with Crippen molar-refractivity contribution in [1.29, 1.82) is 5.26 Å². The third kappa shape index (κ3) is 3.88. The second kappa shape index (κ2) is 8.20. The first-order valence-electron chi connectivity index (χ1n) is 9.83. The number of hydrogen-bond donors (Lipinski definition) is 1. The Morgan fingerprint density at radius 3 is 2.79 bits per heavy atom. The van der Waals surface area contributed by atoms with Crippen molar-refractivity contribution in [2.24, 2.45) is 0 Å². The molecular formula is C23H15N3O5S2. The van der Waals surface area contributed by atoms with Crippen LogP contribution in [0, 0.1) is 28.4 Å². The number of carbonyl (C=O) groups is 1. The van der Waals surface area contributed by atoms with Gasteiger partial charge in [0.25, 0.3) is 11.6 Å². The maximum absolute atomic E-state index is 12.9. The predicted octanol–water partition coefficient (Wildman–Crippen LogP) is 5.62. The third-order valence-corrected chi connectivity index (χ3v) is 7.64. The second-order valence-electron chi connectivity index (χ2n) is 7.37. The van der Waals surface area contributed by atoms with Gasteiger partial charge >= 0.3 is 0 Å². The first-order chi connectivity index (χ1) is 15.9. The van der Waals surface area contributed by atoms with Crippen LogP contribution in [0.5, 0.6) is 11.5 Å². The van der Waals surface area contributed by atoms with Gasteiger partial charge in [0.15, 0.2) is 11.5 Å². The molecule has 1 amide bonds. The van der Waals surface area contributed by atoms with Gasteiger partial charge in [0, 0.05) is 33.5 Å². The van der Waals surface area contributed by atoms with Crippen LogP contribution in [0.1, 0.15) is 31.2 Å². The van der Waals surface area contributed by atoms with Gasteiger partial charge < -0.3 is 14.8 Å². The van der Waals surface area contributed by atoms with E-state index in [1.54, 1.807) is 12.1 Å². The van der Waals surface area contributed by atoms with Gasteiger partial charge in [-0.1, -0.05) is 6.07 Å². The molecule has 0 fully saturated rings. The van der Waals surface area contributed by atoms with Crippen LogP contribution >= 0.6 is 22.7 Å². The van der Waals surface area contributed by atoms with Crippen LogP contribution < -0.4 is 14.8 Å². The number of nitriles is 1. The topological polar surface area (TPSA) is 114 Å². The number of nitro groups is 1. The predicted molar refractivity (Wildman–Crippen MR) is 126 cm³/mol. The lowest BCUT2D eigenvalue weighted by molar-refractivity contribution is -0.384. The standard InChI is InChI=1S/C23H15N3O5S2/c1-12-16(10-24)23(33-20(12)7-13-2-4-17-18(6-13)31-11-30-17)25-22(27)21-9-14-8-15(26(28)29)3-5-19(14)32-21/h2-6,8-9H,7,11H2,1H3,(H,25,27). The average molecular weight is 478 g/mol. The van der Waals surface area contributed by atoms with E-state index >= 15 is 0 Å². The Balaban J connectivity index is 1.40. The van der Waals surface area contributed by atoms with Crippen LogP contribution in [0.25, 0.3) is 10.1 Å². The second-order valence-corrected chi connectivity index (χ2v) is 9.56. The first kappa shape index (κ1) is 20.9. The van der Waals surface area contributed by atoms with Gasteiger partial charge in [-0.2, -0.15) is 5.26 Å². The molecule has 1 N–H and O–H groups in total. The summed E-state index contributed by atoms with van der Waals surface area (Å²) in [6.07, 6.45) is 0.588. The highest BCUT2D eigenvalue weighted by Crippen LogP contribution is 2.38. The Hall–Kier alpha value is -3.94. The van der Waals surface area contributed by atoms with Gasteiger partial charge in [0.05, 0.1) is 15.4 Å². The maximum Gasteiger partial charge on any atom is 0.270 e. The molecule has 0 saturated carbocycles. The number of thiophene rings is 2. The molecule has 10 heteroatoms. The van der Waals surface area contributed by atoms with E-state index in [1.807, 2.05) is 25.1 Å². The number of rotatable bonds is 5. The molecule has 0 saturated heterocycles. The van der Waals surface area contributed by atoms with Crippen molar-refractivity contribution in [1.82, 2.24) is 0 Å². The smallest absolute Gasteiger partial charge is 0.270 e. The lowest BCUT2D eigenvalue weighted by atomic mass is 10.1. The summed E-state index contributed by atoms with van der Waals surface area (Å²) in [5, 5.41) is 24.7. The molecule has 1 aliphatic heterocycles. The zero-order valence-electron chi connectivity index (χ0n) is 17.2. The zero-order chi connectivity index (χ0) is 23.1. The van der Waals surface area contributed by atoms with E-state index in [-0.39, 0.29) is 18.4 Å². The van der Waals surface area contributed by atoms with Gasteiger partial charge in [-0.05, 0) is 42.3 Å². The van der Waals surface area contributed by atoms with Gasteiger partial charge in [-0.15, -0.1) is 22.7 Å². The highest BCUT2D eigenvalue weighted by Gasteiger charge is 2.20. The highest BCUT2D eigenvalue weighted by molar-refractivity contribution is 7.21. The quantitative estimate of drug-likeness (QED) is 0.295. The summed E-state index contributed by atoms with van der Waals surface area (Å²) in [5.74, 6) is 1.05. The van der Waals surface area contributed by atoms with Crippen LogP contribution in [0.2, 0.25) is 0 Å². The van der Waals surface area contributed by atoms with Crippen molar-refractivity contribution < 1.29 is 19.2 Å². The van der Waals surface area contributed by atoms with Crippen LogP contribution in [0.4, 0.5) is 10.7 Å². The number of nitrogens with zero attached hydrogens (tertiary/aromatic N) is 2. The normalized spacial score (nSPS) is 12.0. The molecule has 8 nitrogen and oxygen atoms in total. The van der Waals surface area contributed by atoms with E-state index in [1.165, 1.54) is 34.8 Å². The van der Waals surface area contributed by atoms with Gasteiger partial charge in [0.2, 0.25) is 6.79 Å². The zero-order valence-corrected chi connectivity index (χ0v) is 18.8. The molecular weight excluding hydrogens is 462 g/mol. The van der Waals surface area contributed by atoms with Crippen molar-refractivity contribution in [2.75, 3.05) is 12.1 Å². The minimum atomic E-state index is -0.466. The monoisotopic (exact) mass is 477 g/mol. The summed E-state index contributed by atoms with van der Waals surface area (Å²) in [6.45, 7) is 2.07. The minimum absolute atomic E-state index is 0.0268. The lowest BCUT2D eigenvalue weighted by Gasteiger charge is -2.02. The molecule has 0 unspecified atom stereocenters. The summed E-state index contributed by atoms with van der Waals surface area (Å²) < 4.78 is 11.6. The Labute approximate surface area is 195 Å². The Bertz CT molecular complexity index is 1480. The van der Waals surface area contributed by atoms with Gasteiger partial charge in [0.1, 0.15) is 11.1 Å². The van der Waals surface area contributed by atoms with Crippen molar-refractivity contribution >= 4 is 49.4 Å². The van der Waals surface area contributed by atoms with E-state index in [9.17, 15) is 20.2 Å². The molecule has 4 aromatic rings. The number of amides is 1. The van der Waals surface area contributed by atoms with Crippen molar-refractivity contribution in [2.45, 2.75) is 13.3 Å². The van der Waals surface area contributed by atoms with E-state index in [0.29, 0.717) is 38.7 Å². The minimum Gasteiger partial charge on any atom is -0.454 e. The molecule has 1 aliphatic rings. The maximum atomic E-state index is 12.9. The van der Waals surface area contributed by atoms with Crippen LogP contribution in [0.15, 0.2) is 42.5 Å². The molecule has 0 spiro atoms. The number of nitrogens with one attached hydrogen (secondary N) is 1. The van der Waals surface area contributed by atoms with Crippen molar-refractivity contribution in [3.63, 3.8) is 0 Å². The Morgan fingerprint density at radius 2 is 2.00 bits per heavy atom. The summed E-state index contributed by atoms with van der Waals surface area (Å²) in [5.41, 5.74) is 2.24. The fourth-order valence-electron chi connectivity index (χ4n) is 3.61. The van der Waals surface area contributed by atoms with Crippen molar-refractivity contribution in [3.8, 4) is 17.6 Å². The Morgan fingerprint density at radius 1 is 1.18 bits per heavy atom. The molecule has 33 heavy (non-hydrogen) atoms. The molecule has 164 valence electrons. The van der Waals surface area contributed by atoms with E-state index < -0.39 is 4.92 Å². The van der Waals surface area contributed by atoms with Gasteiger partial charge in [-0.25, -0.2) is 0 Å². The number of nitro benzene ring substituents is 1. The third-order valence-electron chi connectivity index (χ3n) is 5.32. The van der Waals surface area contributed by atoms with Gasteiger partial charge in [-0.3, -0.25) is 14.9 Å². The lowest BCUT2D eigenvalue weighted by Crippen LogP contribution is -2.09. The highest BCUT2D eigenvalue weighted by atomic mass is 32.1. The van der Waals surface area contributed by atoms with Crippen LogP contribution in [-0.2, 0) is 6.42 Å². The SMILES string of the molecule is Cc1c(Cc2ccc3c(c2)OCO3)sc(NC(=O)c2cc3cc([N+](=O)[O-])ccc3s2)c1C#N. The molecule has 5 rings (SSSR count). The average Bonchev–Trinajstić information content (AvgIpc) is 3.50. The molecule has 0 radical (unpaired) electrons. The summed E-state index contributed by atoms with van der Waals surface area (Å²) >= 11 is 2.61. The van der Waals surface area contributed by atoms with Crippen molar-refractivity contribution in [3.05, 3.63) is 79.0 Å². The molecule has 0 bridgehead atoms. The molecule has 3 heterocycles. The number of benzene rings is 2. The molecule has 2 aromatic carbocycles.